The van der Waals surface area contributed by atoms with Crippen molar-refractivity contribution in [3.8, 4) is 0 Å². The van der Waals surface area contributed by atoms with Crippen LogP contribution in [0.2, 0.25) is 0 Å². The number of nitrogens with one attached hydrogen (secondary N) is 2. The number of amides is 1. The number of hydrogen-bond acceptors (Lipinski definition) is 3. The van der Waals surface area contributed by atoms with E-state index in [1.807, 2.05) is 32.0 Å². The maximum atomic E-state index is 10.9. The van der Waals surface area contributed by atoms with E-state index in [-0.39, 0.29) is 11.9 Å². The Morgan fingerprint density at radius 2 is 2.19 bits per heavy atom. The second-order valence-electron chi connectivity index (χ2n) is 3.99. The Morgan fingerprint density at radius 1 is 1.50 bits per heavy atom. The lowest BCUT2D eigenvalue weighted by molar-refractivity contribution is -0.114. The molecule has 0 aliphatic heterocycles. The van der Waals surface area contributed by atoms with Crippen LogP contribution in [-0.2, 0) is 4.79 Å². The summed E-state index contributed by atoms with van der Waals surface area (Å²) >= 11 is 0. The molecule has 0 aromatic heterocycles. The SMILES string of the molecule is CC(=O)Nc1ccc(C)c(NC(C)CN)c1. The van der Waals surface area contributed by atoms with Crippen molar-refractivity contribution in [3.05, 3.63) is 23.8 Å². The molecule has 0 fully saturated rings. The maximum absolute atomic E-state index is 10.9. The van der Waals surface area contributed by atoms with E-state index in [0.717, 1.165) is 16.9 Å². The summed E-state index contributed by atoms with van der Waals surface area (Å²) in [5.74, 6) is -0.0679. The third-order valence-electron chi connectivity index (χ3n) is 2.31. The molecule has 1 rings (SSSR count). The molecule has 16 heavy (non-hydrogen) atoms. The molecule has 1 amide bonds. The van der Waals surface area contributed by atoms with Crippen molar-refractivity contribution in [1.82, 2.24) is 0 Å². The topological polar surface area (TPSA) is 67.2 Å². The molecule has 0 saturated carbocycles. The van der Waals surface area contributed by atoms with Gasteiger partial charge in [0.1, 0.15) is 0 Å². The van der Waals surface area contributed by atoms with E-state index >= 15 is 0 Å². The van der Waals surface area contributed by atoms with Crippen LogP contribution in [0.5, 0.6) is 0 Å². The van der Waals surface area contributed by atoms with Crippen molar-refractivity contribution in [2.75, 3.05) is 17.2 Å². The van der Waals surface area contributed by atoms with Crippen LogP contribution < -0.4 is 16.4 Å². The summed E-state index contributed by atoms with van der Waals surface area (Å²) in [7, 11) is 0. The van der Waals surface area contributed by atoms with Gasteiger partial charge in [0.25, 0.3) is 0 Å². The van der Waals surface area contributed by atoms with E-state index in [1.165, 1.54) is 6.92 Å². The van der Waals surface area contributed by atoms with Crippen LogP contribution in [0.25, 0.3) is 0 Å². The Morgan fingerprint density at radius 3 is 2.75 bits per heavy atom. The molecule has 4 N–H and O–H groups in total. The summed E-state index contributed by atoms with van der Waals surface area (Å²) in [5.41, 5.74) is 8.49. The summed E-state index contributed by atoms with van der Waals surface area (Å²) in [6, 6.07) is 5.99. The summed E-state index contributed by atoms with van der Waals surface area (Å²) in [6.07, 6.45) is 0. The highest BCUT2D eigenvalue weighted by Crippen LogP contribution is 2.20. The molecule has 0 aliphatic rings. The minimum absolute atomic E-state index is 0.0679. The predicted molar refractivity (Wildman–Crippen MR) is 67.6 cm³/mol. The normalized spacial score (nSPS) is 12.0. The van der Waals surface area contributed by atoms with Crippen molar-refractivity contribution >= 4 is 17.3 Å². The lowest BCUT2D eigenvalue weighted by Crippen LogP contribution is -2.25. The Labute approximate surface area is 96.2 Å². The second-order valence-corrected chi connectivity index (χ2v) is 3.99. The van der Waals surface area contributed by atoms with Gasteiger partial charge in [-0.05, 0) is 31.5 Å². The Hall–Kier alpha value is -1.55. The number of aryl methyl sites for hydroxylation is 1. The van der Waals surface area contributed by atoms with E-state index < -0.39 is 0 Å². The van der Waals surface area contributed by atoms with Crippen LogP contribution in [0.4, 0.5) is 11.4 Å². The van der Waals surface area contributed by atoms with Crippen molar-refractivity contribution in [2.45, 2.75) is 26.8 Å². The van der Waals surface area contributed by atoms with Crippen molar-refractivity contribution in [2.24, 2.45) is 5.73 Å². The first-order chi connectivity index (χ1) is 7.52. The summed E-state index contributed by atoms with van der Waals surface area (Å²) in [5, 5.41) is 6.05. The third-order valence-corrected chi connectivity index (χ3v) is 2.31. The molecule has 0 bridgehead atoms. The van der Waals surface area contributed by atoms with Crippen LogP contribution in [0.3, 0.4) is 0 Å². The van der Waals surface area contributed by atoms with Gasteiger partial charge in [-0.2, -0.15) is 0 Å². The summed E-state index contributed by atoms with van der Waals surface area (Å²) < 4.78 is 0. The minimum atomic E-state index is -0.0679. The molecule has 88 valence electrons. The van der Waals surface area contributed by atoms with E-state index in [9.17, 15) is 4.79 Å². The molecule has 1 atom stereocenters. The molecule has 4 nitrogen and oxygen atoms in total. The Bertz CT molecular complexity index is 377. The van der Waals surface area contributed by atoms with Gasteiger partial charge in [-0.3, -0.25) is 4.79 Å². The highest BCUT2D eigenvalue weighted by atomic mass is 16.1. The van der Waals surface area contributed by atoms with Crippen LogP contribution in [0.15, 0.2) is 18.2 Å². The van der Waals surface area contributed by atoms with Gasteiger partial charge < -0.3 is 16.4 Å². The van der Waals surface area contributed by atoms with Gasteiger partial charge in [-0.1, -0.05) is 6.07 Å². The van der Waals surface area contributed by atoms with Crippen molar-refractivity contribution in [3.63, 3.8) is 0 Å². The molecule has 1 unspecified atom stereocenters. The van der Waals surface area contributed by atoms with Crippen molar-refractivity contribution in [1.29, 1.82) is 0 Å². The van der Waals surface area contributed by atoms with Gasteiger partial charge in [0.15, 0.2) is 0 Å². The average Bonchev–Trinajstić information content (AvgIpc) is 2.22. The fraction of sp³-hybridized carbons (Fsp3) is 0.417. The first-order valence-corrected chi connectivity index (χ1v) is 5.37. The second kappa shape index (κ2) is 5.51. The van der Waals surface area contributed by atoms with E-state index in [1.54, 1.807) is 0 Å². The Balaban J connectivity index is 2.85. The van der Waals surface area contributed by atoms with Crippen LogP contribution in [0, 0.1) is 6.92 Å². The lowest BCUT2D eigenvalue weighted by Gasteiger charge is -2.16. The fourth-order valence-electron chi connectivity index (χ4n) is 1.38. The largest absolute Gasteiger partial charge is 0.381 e. The van der Waals surface area contributed by atoms with E-state index in [2.05, 4.69) is 10.6 Å². The highest BCUT2D eigenvalue weighted by molar-refractivity contribution is 5.89. The van der Waals surface area contributed by atoms with Gasteiger partial charge in [0, 0.05) is 30.9 Å². The first-order valence-electron chi connectivity index (χ1n) is 5.37. The molecule has 1 aromatic rings. The van der Waals surface area contributed by atoms with Gasteiger partial charge in [0.05, 0.1) is 0 Å². The smallest absolute Gasteiger partial charge is 0.221 e. The molecular weight excluding hydrogens is 202 g/mol. The van der Waals surface area contributed by atoms with E-state index in [0.29, 0.717) is 6.54 Å². The third kappa shape index (κ3) is 3.55. The number of anilines is 2. The van der Waals surface area contributed by atoms with Gasteiger partial charge in [-0.25, -0.2) is 0 Å². The molecule has 1 aromatic carbocycles. The standard InChI is InChI=1S/C12H19N3O/c1-8-4-5-11(15-10(3)16)6-12(8)14-9(2)7-13/h4-6,9,14H,7,13H2,1-3H3,(H,15,16). The predicted octanol–water partition coefficient (Wildman–Crippen LogP) is 1.71. The number of nitrogens with two attached hydrogens (primary N) is 1. The quantitative estimate of drug-likeness (QED) is 0.725. The molecule has 4 heteroatoms. The molecule has 0 aliphatic carbocycles. The van der Waals surface area contributed by atoms with Crippen molar-refractivity contribution < 1.29 is 4.79 Å². The molecular formula is C12H19N3O. The number of benzene rings is 1. The summed E-state index contributed by atoms with van der Waals surface area (Å²) in [6.45, 7) is 6.10. The zero-order valence-electron chi connectivity index (χ0n) is 10.0. The number of carbonyl (C=O) groups is 1. The summed E-state index contributed by atoms with van der Waals surface area (Å²) in [4.78, 5) is 10.9. The first kappa shape index (κ1) is 12.5. The molecule has 0 heterocycles. The molecule has 0 saturated heterocycles. The maximum Gasteiger partial charge on any atom is 0.221 e. The van der Waals surface area contributed by atoms with Gasteiger partial charge >= 0.3 is 0 Å². The van der Waals surface area contributed by atoms with Crippen LogP contribution >= 0.6 is 0 Å². The van der Waals surface area contributed by atoms with E-state index in [4.69, 9.17) is 5.73 Å². The molecule has 0 radical (unpaired) electrons. The van der Waals surface area contributed by atoms with Crippen LogP contribution in [0.1, 0.15) is 19.4 Å². The zero-order chi connectivity index (χ0) is 12.1. The zero-order valence-corrected chi connectivity index (χ0v) is 10.0. The van der Waals surface area contributed by atoms with Gasteiger partial charge in [0.2, 0.25) is 5.91 Å². The monoisotopic (exact) mass is 221 g/mol. The average molecular weight is 221 g/mol. The minimum Gasteiger partial charge on any atom is -0.381 e. The fourth-order valence-corrected chi connectivity index (χ4v) is 1.38. The Kier molecular flexibility index (Phi) is 4.31. The molecule has 0 spiro atoms. The number of rotatable bonds is 4. The highest BCUT2D eigenvalue weighted by Gasteiger charge is 2.04. The number of hydrogen-bond donors (Lipinski definition) is 3. The number of carbonyl (C=O) groups excluding carboxylic acids is 1. The van der Waals surface area contributed by atoms with Crippen LogP contribution in [-0.4, -0.2) is 18.5 Å². The lowest BCUT2D eigenvalue weighted by atomic mass is 10.1. The van der Waals surface area contributed by atoms with Gasteiger partial charge in [-0.15, -0.1) is 0 Å².